The predicted octanol–water partition coefficient (Wildman–Crippen LogP) is 3.81. The van der Waals surface area contributed by atoms with Crippen LogP contribution in [0.3, 0.4) is 0 Å². The highest BCUT2D eigenvalue weighted by Gasteiger charge is 2.31. The molecule has 3 heteroatoms. The van der Waals surface area contributed by atoms with Crippen LogP contribution in [0.25, 0.3) is 0 Å². The lowest BCUT2D eigenvalue weighted by molar-refractivity contribution is 0.373. The first kappa shape index (κ1) is 10.8. The Hall–Kier alpha value is -1.35. The normalized spacial score (nSPS) is 23.1. The molecule has 1 fully saturated rings. The maximum Gasteiger partial charge on any atom is 0.182 e. The van der Waals surface area contributed by atoms with Gasteiger partial charge < -0.3 is 5.32 Å². The number of nitrogens with one attached hydrogen (secondary N) is 1. The Morgan fingerprint density at radius 3 is 2.82 bits per heavy atom. The highest BCUT2D eigenvalue weighted by Crippen LogP contribution is 2.39. The van der Waals surface area contributed by atoms with E-state index < -0.39 is 0 Å². The van der Waals surface area contributed by atoms with E-state index in [-0.39, 0.29) is 0 Å². The summed E-state index contributed by atoms with van der Waals surface area (Å²) in [4.78, 5) is 4.26. The molecule has 0 bridgehead atoms. The van der Waals surface area contributed by atoms with Crippen LogP contribution in [0, 0.1) is 6.92 Å². The van der Waals surface area contributed by atoms with Crippen molar-refractivity contribution < 1.29 is 0 Å². The molecule has 1 N–H and O–H groups in total. The van der Waals surface area contributed by atoms with Crippen LogP contribution in [0.15, 0.2) is 35.8 Å². The monoisotopic (exact) mass is 244 g/mol. The minimum atomic E-state index is 0.603. The highest BCUT2D eigenvalue weighted by molar-refractivity contribution is 7.13. The molecule has 0 atom stereocenters. The summed E-state index contributed by atoms with van der Waals surface area (Å²) in [6.45, 7) is 2.21. The molecule has 1 aliphatic rings. The molecule has 0 saturated heterocycles. The summed E-state index contributed by atoms with van der Waals surface area (Å²) in [5.41, 5.74) is 2.94. The van der Waals surface area contributed by atoms with Gasteiger partial charge in [-0.05, 0) is 36.8 Å². The van der Waals surface area contributed by atoms with Gasteiger partial charge in [0.05, 0.1) is 0 Å². The number of hydrogen-bond donors (Lipinski definition) is 1. The summed E-state index contributed by atoms with van der Waals surface area (Å²) in [5.74, 6) is 0.730. The van der Waals surface area contributed by atoms with Gasteiger partial charge in [-0.2, -0.15) is 0 Å². The van der Waals surface area contributed by atoms with Crippen LogP contribution >= 0.6 is 11.3 Å². The van der Waals surface area contributed by atoms with Gasteiger partial charge >= 0.3 is 0 Å². The smallest absolute Gasteiger partial charge is 0.182 e. The maximum atomic E-state index is 4.26. The number of thiazole rings is 1. The summed E-state index contributed by atoms with van der Waals surface area (Å²) < 4.78 is 0. The fourth-order valence-corrected chi connectivity index (χ4v) is 3.11. The van der Waals surface area contributed by atoms with E-state index >= 15 is 0 Å². The van der Waals surface area contributed by atoms with Crippen LogP contribution < -0.4 is 5.32 Å². The Morgan fingerprint density at radius 2 is 2.12 bits per heavy atom. The van der Waals surface area contributed by atoms with Crippen molar-refractivity contribution in [3.8, 4) is 0 Å². The third-order valence-electron chi connectivity index (χ3n) is 3.53. The third kappa shape index (κ3) is 2.20. The number of rotatable bonds is 3. The van der Waals surface area contributed by atoms with Crippen molar-refractivity contribution in [1.82, 2.24) is 4.98 Å². The number of hydrogen-bond acceptors (Lipinski definition) is 3. The van der Waals surface area contributed by atoms with Gasteiger partial charge in [-0.25, -0.2) is 4.98 Å². The molecule has 0 unspecified atom stereocenters. The largest absolute Gasteiger partial charge is 0.359 e. The van der Waals surface area contributed by atoms with Crippen molar-refractivity contribution in [2.45, 2.75) is 31.7 Å². The second-order valence-electron chi connectivity index (χ2n) is 4.70. The molecule has 3 rings (SSSR count). The molecule has 0 spiro atoms. The third-order valence-corrected chi connectivity index (χ3v) is 4.23. The van der Waals surface area contributed by atoms with E-state index in [4.69, 9.17) is 0 Å². The second-order valence-corrected chi connectivity index (χ2v) is 5.60. The number of benzene rings is 1. The van der Waals surface area contributed by atoms with Crippen molar-refractivity contribution >= 4 is 16.5 Å². The van der Waals surface area contributed by atoms with Crippen molar-refractivity contribution in [2.24, 2.45) is 0 Å². The summed E-state index contributed by atoms with van der Waals surface area (Å²) >= 11 is 1.68. The molecule has 1 aliphatic carbocycles. The van der Waals surface area contributed by atoms with Crippen molar-refractivity contribution in [2.75, 3.05) is 5.32 Å². The molecule has 1 heterocycles. The Kier molecular flexibility index (Phi) is 2.85. The lowest BCUT2D eigenvalue weighted by Crippen LogP contribution is -2.34. The van der Waals surface area contributed by atoms with Gasteiger partial charge in [0.1, 0.15) is 0 Å². The summed E-state index contributed by atoms with van der Waals surface area (Å²) in [5, 5.41) is 6.55. The number of anilines is 1. The quantitative estimate of drug-likeness (QED) is 0.888. The molecular formula is C14H16N2S. The molecule has 2 aromatic rings. The predicted molar refractivity (Wildman–Crippen MR) is 72.7 cm³/mol. The number of aromatic nitrogens is 1. The first-order valence-electron chi connectivity index (χ1n) is 6.04. The van der Waals surface area contributed by atoms with Crippen molar-refractivity contribution in [3.05, 3.63) is 47.0 Å². The maximum absolute atomic E-state index is 4.26. The minimum absolute atomic E-state index is 0.603. The van der Waals surface area contributed by atoms with Crippen molar-refractivity contribution in [3.63, 3.8) is 0 Å². The summed E-state index contributed by atoms with van der Waals surface area (Å²) in [6, 6.07) is 9.33. The van der Waals surface area contributed by atoms with Gasteiger partial charge in [0.15, 0.2) is 5.13 Å². The minimum Gasteiger partial charge on any atom is -0.359 e. The Morgan fingerprint density at radius 1 is 1.29 bits per heavy atom. The first-order valence-corrected chi connectivity index (χ1v) is 6.92. The van der Waals surface area contributed by atoms with Crippen LogP contribution in [-0.4, -0.2) is 11.0 Å². The van der Waals surface area contributed by atoms with E-state index in [1.54, 1.807) is 11.3 Å². The molecule has 0 aliphatic heterocycles. The zero-order valence-corrected chi connectivity index (χ0v) is 10.7. The lowest BCUT2D eigenvalue weighted by atomic mass is 9.74. The molecule has 1 aromatic heterocycles. The van der Waals surface area contributed by atoms with E-state index in [0.29, 0.717) is 6.04 Å². The van der Waals surface area contributed by atoms with Crippen LogP contribution in [0.1, 0.15) is 29.9 Å². The topological polar surface area (TPSA) is 24.9 Å². The molecule has 88 valence electrons. The molecule has 17 heavy (non-hydrogen) atoms. The van der Waals surface area contributed by atoms with Gasteiger partial charge in [-0.15, -0.1) is 11.3 Å². The van der Waals surface area contributed by atoms with Gasteiger partial charge in [0, 0.05) is 17.6 Å². The molecule has 0 amide bonds. The van der Waals surface area contributed by atoms with E-state index in [1.807, 2.05) is 11.6 Å². The van der Waals surface area contributed by atoms with E-state index in [2.05, 4.69) is 41.5 Å². The molecule has 1 saturated carbocycles. The van der Waals surface area contributed by atoms with E-state index in [9.17, 15) is 0 Å². The molecular weight excluding hydrogens is 228 g/mol. The van der Waals surface area contributed by atoms with Crippen LogP contribution in [0.4, 0.5) is 5.13 Å². The molecule has 0 radical (unpaired) electrons. The Bertz CT molecular complexity index is 487. The van der Waals surface area contributed by atoms with Gasteiger partial charge in [-0.1, -0.05) is 24.3 Å². The first-order chi connectivity index (χ1) is 8.33. The van der Waals surface area contributed by atoms with Gasteiger partial charge in [0.2, 0.25) is 0 Å². The molecule has 1 aromatic carbocycles. The SMILES string of the molecule is Cc1ccccc1C1CC(Nc2nccs2)C1. The van der Waals surface area contributed by atoms with Crippen LogP contribution in [0.2, 0.25) is 0 Å². The van der Waals surface area contributed by atoms with Crippen LogP contribution in [0.5, 0.6) is 0 Å². The van der Waals surface area contributed by atoms with Crippen LogP contribution in [-0.2, 0) is 0 Å². The van der Waals surface area contributed by atoms with Crippen molar-refractivity contribution in [1.29, 1.82) is 0 Å². The van der Waals surface area contributed by atoms with Gasteiger partial charge in [-0.3, -0.25) is 0 Å². The lowest BCUT2D eigenvalue weighted by Gasteiger charge is -2.36. The van der Waals surface area contributed by atoms with E-state index in [0.717, 1.165) is 11.0 Å². The zero-order valence-electron chi connectivity index (χ0n) is 9.89. The second kappa shape index (κ2) is 4.49. The summed E-state index contributed by atoms with van der Waals surface area (Å²) in [7, 11) is 0. The fraction of sp³-hybridized carbons (Fsp3) is 0.357. The fourth-order valence-electron chi connectivity index (χ4n) is 2.50. The molecule has 2 nitrogen and oxygen atoms in total. The summed E-state index contributed by atoms with van der Waals surface area (Å²) in [6.07, 6.45) is 4.30. The highest BCUT2D eigenvalue weighted by atomic mass is 32.1. The Balaban J connectivity index is 1.60. The average Bonchev–Trinajstić information content (AvgIpc) is 2.77. The Labute approximate surface area is 106 Å². The zero-order chi connectivity index (χ0) is 11.7. The number of aryl methyl sites for hydroxylation is 1. The van der Waals surface area contributed by atoms with Gasteiger partial charge in [0.25, 0.3) is 0 Å². The standard InChI is InChI=1S/C14H16N2S/c1-10-4-2-3-5-13(10)11-8-12(9-11)16-14-15-6-7-17-14/h2-7,11-12H,8-9H2,1H3,(H,15,16). The number of nitrogens with zero attached hydrogens (tertiary/aromatic N) is 1. The van der Waals surface area contributed by atoms with E-state index in [1.165, 1.54) is 24.0 Å². The average molecular weight is 244 g/mol.